The topological polar surface area (TPSA) is 70.1 Å². The van der Waals surface area contributed by atoms with E-state index in [2.05, 4.69) is 0 Å². The normalized spacial score (nSPS) is 32.1. The summed E-state index contributed by atoms with van der Waals surface area (Å²) in [5.41, 5.74) is -0.725. The standard InChI is InChI=1S/C14H24N2O4/c1-11-8-16(6-7-20-11)12(17)9-15-5-3-4-14(2,10-15)13(18)19/h11H,3-10H2,1-2H3,(H,18,19). The van der Waals surface area contributed by atoms with Crippen LogP contribution in [0.25, 0.3) is 0 Å². The third-order valence-electron chi connectivity index (χ3n) is 4.24. The molecule has 2 heterocycles. The maximum absolute atomic E-state index is 12.3. The van der Waals surface area contributed by atoms with Crippen LogP contribution in [0.4, 0.5) is 0 Å². The number of amides is 1. The number of likely N-dealkylation sites (tertiary alicyclic amines) is 1. The fourth-order valence-electron chi connectivity index (χ4n) is 2.99. The highest BCUT2D eigenvalue weighted by Crippen LogP contribution is 2.29. The van der Waals surface area contributed by atoms with Crippen molar-refractivity contribution in [2.75, 3.05) is 39.3 Å². The highest BCUT2D eigenvalue weighted by atomic mass is 16.5. The van der Waals surface area contributed by atoms with Crippen molar-refractivity contribution in [1.82, 2.24) is 9.80 Å². The molecule has 0 spiro atoms. The van der Waals surface area contributed by atoms with Gasteiger partial charge < -0.3 is 14.7 Å². The number of carbonyl (C=O) groups is 2. The first kappa shape index (κ1) is 15.3. The minimum Gasteiger partial charge on any atom is -0.481 e. The molecule has 2 saturated heterocycles. The number of hydrogen-bond donors (Lipinski definition) is 1. The molecule has 6 heteroatoms. The van der Waals surface area contributed by atoms with E-state index in [1.807, 2.05) is 16.7 Å². The largest absolute Gasteiger partial charge is 0.481 e. The number of carboxylic acid groups (broad SMARTS) is 1. The molecule has 2 fully saturated rings. The molecule has 2 aliphatic rings. The number of hydrogen-bond acceptors (Lipinski definition) is 4. The lowest BCUT2D eigenvalue weighted by Crippen LogP contribution is -2.52. The Morgan fingerprint density at radius 2 is 2.15 bits per heavy atom. The van der Waals surface area contributed by atoms with E-state index in [1.165, 1.54) is 0 Å². The summed E-state index contributed by atoms with van der Waals surface area (Å²) in [4.78, 5) is 27.4. The van der Waals surface area contributed by atoms with Crippen LogP contribution in [0, 0.1) is 5.41 Å². The number of nitrogens with zero attached hydrogens (tertiary/aromatic N) is 2. The van der Waals surface area contributed by atoms with Crippen molar-refractivity contribution in [3.05, 3.63) is 0 Å². The summed E-state index contributed by atoms with van der Waals surface area (Å²) in [6, 6.07) is 0. The first-order chi connectivity index (χ1) is 9.40. The summed E-state index contributed by atoms with van der Waals surface area (Å²) in [5.74, 6) is -0.690. The van der Waals surface area contributed by atoms with Crippen molar-refractivity contribution < 1.29 is 19.4 Å². The second-order valence-electron chi connectivity index (χ2n) is 6.20. The molecule has 0 aromatic carbocycles. The molecule has 0 bridgehead atoms. The van der Waals surface area contributed by atoms with Crippen molar-refractivity contribution >= 4 is 11.9 Å². The van der Waals surface area contributed by atoms with Gasteiger partial charge in [0.1, 0.15) is 0 Å². The zero-order chi connectivity index (χ0) is 14.8. The lowest BCUT2D eigenvalue weighted by molar-refractivity contribution is -0.153. The number of rotatable bonds is 3. The van der Waals surface area contributed by atoms with E-state index in [-0.39, 0.29) is 12.0 Å². The highest BCUT2D eigenvalue weighted by Gasteiger charge is 2.38. The van der Waals surface area contributed by atoms with Gasteiger partial charge in [-0.25, -0.2) is 0 Å². The second-order valence-corrected chi connectivity index (χ2v) is 6.20. The minimum atomic E-state index is -0.769. The van der Waals surface area contributed by atoms with Crippen molar-refractivity contribution in [2.45, 2.75) is 32.8 Å². The van der Waals surface area contributed by atoms with Gasteiger partial charge in [0, 0.05) is 19.6 Å². The Balaban J connectivity index is 1.89. The first-order valence-electron chi connectivity index (χ1n) is 7.26. The van der Waals surface area contributed by atoms with E-state index in [4.69, 9.17) is 4.74 Å². The molecule has 2 atom stereocenters. The van der Waals surface area contributed by atoms with Crippen LogP contribution in [0.3, 0.4) is 0 Å². The quantitative estimate of drug-likeness (QED) is 0.813. The third kappa shape index (κ3) is 3.49. The van der Waals surface area contributed by atoms with E-state index in [1.54, 1.807) is 6.92 Å². The zero-order valence-electron chi connectivity index (χ0n) is 12.3. The molecule has 0 aliphatic carbocycles. The minimum absolute atomic E-state index is 0.0785. The van der Waals surface area contributed by atoms with Gasteiger partial charge in [-0.2, -0.15) is 0 Å². The molecule has 1 amide bonds. The van der Waals surface area contributed by atoms with E-state index in [0.29, 0.717) is 39.2 Å². The molecule has 114 valence electrons. The second kappa shape index (κ2) is 6.10. The van der Waals surface area contributed by atoms with Crippen molar-refractivity contribution in [3.63, 3.8) is 0 Å². The molecule has 0 saturated carbocycles. The number of aliphatic carboxylic acids is 1. The summed E-state index contributed by atoms with van der Waals surface area (Å²) >= 11 is 0. The Morgan fingerprint density at radius 1 is 1.40 bits per heavy atom. The number of morpholine rings is 1. The number of piperidine rings is 1. The third-order valence-corrected chi connectivity index (χ3v) is 4.24. The Labute approximate surface area is 119 Å². The van der Waals surface area contributed by atoms with Crippen LogP contribution in [0.5, 0.6) is 0 Å². The van der Waals surface area contributed by atoms with Gasteiger partial charge in [-0.05, 0) is 33.2 Å². The smallest absolute Gasteiger partial charge is 0.310 e. The van der Waals surface area contributed by atoms with E-state index in [0.717, 1.165) is 13.0 Å². The molecule has 2 aliphatic heterocycles. The van der Waals surface area contributed by atoms with Gasteiger partial charge in [-0.15, -0.1) is 0 Å². The van der Waals surface area contributed by atoms with Crippen LogP contribution in [-0.2, 0) is 14.3 Å². The Kier molecular flexibility index (Phi) is 4.65. The molecular weight excluding hydrogens is 260 g/mol. The lowest BCUT2D eigenvalue weighted by atomic mass is 9.82. The van der Waals surface area contributed by atoms with E-state index >= 15 is 0 Å². The highest BCUT2D eigenvalue weighted by molar-refractivity contribution is 5.79. The van der Waals surface area contributed by atoms with Crippen LogP contribution in [-0.4, -0.2) is 72.2 Å². The fourth-order valence-corrected chi connectivity index (χ4v) is 2.99. The Morgan fingerprint density at radius 3 is 2.80 bits per heavy atom. The van der Waals surface area contributed by atoms with Crippen LogP contribution in [0.1, 0.15) is 26.7 Å². The average Bonchev–Trinajstić information content (AvgIpc) is 2.38. The molecular formula is C14H24N2O4. The van der Waals surface area contributed by atoms with Gasteiger partial charge in [-0.1, -0.05) is 0 Å². The van der Waals surface area contributed by atoms with Crippen molar-refractivity contribution in [2.24, 2.45) is 5.41 Å². The van der Waals surface area contributed by atoms with Gasteiger partial charge in [0.15, 0.2) is 0 Å². The predicted octanol–water partition coefficient (Wildman–Crippen LogP) is 0.420. The van der Waals surface area contributed by atoms with Gasteiger partial charge in [0.25, 0.3) is 0 Å². The van der Waals surface area contributed by atoms with Crippen LogP contribution in [0.15, 0.2) is 0 Å². The monoisotopic (exact) mass is 284 g/mol. The fraction of sp³-hybridized carbons (Fsp3) is 0.857. The van der Waals surface area contributed by atoms with Crippen LogP contribution < -0.4 is 0 Å². The molecule has 0 radical (unpaired) electrons. The Hall–Kier alpha value is -1.14. The molecule has 2 rings (SSSR count). The lowest BCUT2D eigenvalue weighted by Gasteiger charge is -2.38. The average molecular weight is 284 g/mol. The molecule has 2 unspecified atom stereocenters. The number of carboxylic acids is 1. The zero-order valence-corrected chi connectivity index (χ0v) is 12.3. The van der Waals surface area contributed by atoms with Gasteiger partial charge in [0.05, 0.1) is 24.7 Å². The van der Waals surface area contributed by atoms with Gasteiger partial charge in [-0.3, -0.25) is 14.5 Å². The summed E-state index contributed by atoms with van der Waals surface area (Å²) in [7, 11) is 0. The number of ether oxygens (including phenoxy) is 1. The van der Waals surface area contributed by atoms with Crippen molar-refractivity contribution in [3.8, 4) is 0 Å². The predicted molar refractivity (Wildman–Crippen MR) is 73.4 cm³/mol. The molecule has 0 aromatic heterocycles. The van der Waals surface area contributed by atoms with E-state index < -0.39 is 11.4 Å². The summed E-state index contributed by atoms with van der Waals surface area (Å²) in [5, 5.41) is 9.29. The first-order valence-corrected chi connectivity index (χ1v) is 7.26. The summed E-state index contributed by atoms with van der Waals surface area (Å²) in [6.45, 7) is 7.14. The summed E-state index contributed by atoms with van der Waals surface area (Å²) < 4.78 is 5.43. The molecule has 6 nitrogen and oxygen atoms in total. The Bertz CT molecular complexity index is 387. The van der Waals surface area contributed by atoms with Crippen molar-refractivity contribution in [1.29, 1.82) is 0 Å². The van der Waals surface area contributed by atoms with Crippen LogP contribution in [0.2, 0.25) is 0 Å². The van der Waals surface area contributed by atoms with Gasteiger partial charge >= 0.3 is 5.97 Å². The SMILES string of the molecule is CC1CN(C(=O)CN2CCCC(C)(C(=O)O)C2)CCO1. The maximum Gasteiger partial charge on any atom is 0.310 e. The molecule has 0 aromatic rings. The molecule has 20 heavy (non-hydrogen) atoms. The van der Waals surface area contributed by atoms with Gasteiger partial charge in [0.2, 0.25) is 5.91 Å². The number of carbonyl (C=O) groups excluding carboxylic acids is 1. The summed E-state index contributed by atoms with van der Waals surface area (Å²) in [6.07, 6.45) is 1.59. The molecule has 1 N–H and O–H groups in total. The van der Waals surface area contributed by atoms with E-state index in [9.17, 15) is 14.7 Å². The maximum atomic E-state index is 12.3. The van der Waals surface area contributed by atoms with Crippen LogP contribution >= 0.6 is 0 Å².